The van der Waals surface area contributed by atoms with Crippen molar-refractivity contribution in [3.63, 3.8) is 0 Å². The molecule has 2 aromatic rings. The van der Waals surface area contributed by atoms with Crippen molar-refractivity contribution in [2.75, 3.05) is 0 Å². The third-order valence-corrected chi connectivity index (χ3v) is 4.82. The second-order valence-electron chi connectivity index (χ2n) is 7.61. The zero-order chi connectivity index (χ0) is 15.4. The molecule has 0 heteroatoms. The van der Waals surface area contributed by atoms with Crippen LogP contribution in [0.2, 0.25) is 0 Å². The second kappa shape index (κ2) is 4.34. The fourth-order valence-corrected chi connectivity index (χ4v) is 3.45. The zero-order valence-electron chi connectivity index (χ0n) is 13.7. The molecule has 0 aliphatic heterocycles. The average molecular weight is 276 g/mol. The summed E-state index contributed by atoms with van der Waals surface area (Å²) in [7, 11) is 0. The Labute approximate surface area is 128 Å². The van der Waals surface area contributed by atoms with Crippen LogP contribution in [0.4, 0.5) is 0 Å². The number of hydrogen-bond donors (Lipinski definition) is 0. The van der Waals surface area contributed by atoms with Gasteiger partial charge in [-0.15, -0.1) is 0 Å². The molecule has 0 fully saturated rings. The quantitative estimate of drug-likeness (QED) is 0.605. The molecule has 108 valence electrons. The first kappa shape index (κ1) is 14.1. The molecular weight excluding hydrogens is 252 g/mol. The van der Waals surface area contributed by atoms with Crippen LogP contribution in [0.15, 0.2) is 43.0 Å². The minimum atomic E-state index is 0.0605. The molecule has 0 heterocycles. The monoisotopic (exact) mass is 276 g/mol. The molecule has 0 bridgehead atoms. The highest BCUT2D eigenvalue weighted by atomic mass is 14.4. The van der Waals surface area contributed by atoms with Gasteiger partial charge < -0.3 is 0 Å². The topological polar surface area (TPSA) is 0 Å². The predicted octanol–water partition coefficient (Wildman–Crippen LogP) is 5.93. The normalized spacial score (nSPS) is 15.5. The van der Waals surface area contributed by atoms with E-state index in [0.717, 1.165) is 0 Å². The van der Waals surface area contributed by atoms with Gasteiger partial charge in [0.15, 0.2) is 0 Å². The minimum Gasteiger partial charge on any atom is -0.0984 e. The predicted molar refractivity (Wildman–Crippen MR) is 92.8 cm³/mol. The van der Waals surface area contributed by atoms with Gasteiger partial charge in [-0.2, -0.15) is 0 Å². The van der Waals surface area contributed by atoms with E-state index in [2.05, 4.69) is 77.6 Å². The summed E-state index contributed by atoms with van der Waals surface area (Å²) in [6.07, 6.45) is 1.97. The molecule has 21 heavy (non-hydrogen) atoms. The Morgan fingerprint density at radius 2 is 1.71 bits per heavy atom. The molecule has 0 atom stereocenters. The lowest BCUT2D eigenvalue weighted by Gasteiger charge is -2.25. The third-order valence-electron chi connectivity index (χ3n) is 4.82. The summed E-state index contributed by atoms with van der Waals surface area (Å²) in [6.45, 7) is 15.5. The standard InChI is InChI=1S/C21H24/c1-7-14-9-8-10-17-19(14)16-12-11-15(20(2,3)4)13-18(16)21(17,5)6/h7-13H,1H2,2-6H3. The largest absolute Gasteiger partial charge is 0.0984 e. The van der Waals surface area contributed by atoms with Gasteiger partial charge in [0.1, 0.15) is 0 Å². The second-order valence-corrected chi connectivity index (χ2v) is 7.61. The van der Waals surface area contributed by atoms with Crippen molar-refractivity contribution in [1.82, 2.24) is 0 Å². The fourth-order valence-electron chi connectivity index (χ4n) is 3.45. The summed E-state index contributed by atoms with van der Waals surface area (Å²) in [6, 6.07) is 13.6. The molecule has 0 unspecified atom stereocenters. The Morgan fingerprint density at radius 1 is 1.00 bits per heavy atom. The van der Waals surface area contributed by atoms with Gasteiger partial charge >= 0.3 is 0 Å². The first-order chi connectivity index (χ1) is 9.76. The molecule has 2 aromatic carbocycles. The summed E-state index contributed by atoms with van der Waals surface area (Å²) < 4.78 is 0. The van der Waals surface area contributed by atoms with E-state index in [1.54, 1.807) is 0 Å². The van der Waals surface area contributed by atoms with Gasteiger partial charge in [-0.1, -0.05) is 83.7 Å². The molecule has 1 aliphatic carbocycles. The summed E-state index contributed by atoms with van der Waals surface area (Å²) in [5.74, 6) is 0. The highest BCUT2D eigenvalue weighted by Crippen LogP contribution is 2.50. The van der Waals surface area contributed by atoms with Gasteiger partial charge in [-0.25, -0.2) is 0 Å². The van der Waals surface area contributed by atoms with Crippen LogP contribution in [-0.2, 0) is 10.8 Å². The van der Waals surface area contributed by atoms with E-state index in [1.807, 2.05) is 6.08 Å². The fraction of sp³-hybridized carbons (Fsp3) is 0.333. The summed E-state index contributed by atoms with van der Waals surface area (Å²) in [5, 5.41) is 0. The van der Waals surface area contributed by atoms with Gasteiger partial charge in [0.2, 0.25) is 0 Å². The summed E-state index contributed by atoms with van der Waals surface area (Å²) in [4.78, 5) is 0. The Bertz CT molecular complexity index is 724. The Hall–Kier alpha value is -1.82. The lowest BCUT2D eigenvalue weighted by molar-refractivity contribution is 0.584. The van der Waals surface area contributed by atoms with E-state index in [0.29, 0.717) is 0 Å². The number of fused-ring (bicyclic) bond motifs is 3. The molecule has 0 radical (unpaired) electrons. The maximum absolute atomic E-state index is 3.99. The highest BCUT2D eigenvalue weighted by Gasteiger charge is 2.36. The third kappa shape index (κ3) is 1.97. The van der Waals surface area contributed by atoms with Crippen LogP contribution >= 0.6 is 0 Å². The summed E-state index contributed by atoms with van der Waals surface area (Å²) >= 11 is 0. The molecule has 0 saturated heterocycles. The van der Waals surface area contributed by atoms with Crippen LogP contribution in [0.5, 0.6) is 0 Å². The molecule has 0 aromatic heterocycles. The van der Waals surface area contributed by atoms with Crippen LogP contribution in [0.25, 0.3) is 17.2 Å². The van der Waals surface area contributed by atoms with Gasteiger partial charge in [-0.3, -0.25) is 0 Å². The van der Waals surface area contributed by atoms with Gasteiger partial charge in [0.05, 0.1) is 0 Å². The van der Waals surface area contributed by atoms with Gasteiger partial charge in [0.25, 0.3) is 0 Å². The van der Waals surface area contributed by atoms with E-state index in [1.165, 1.54) is 33.4 Å². The minimum absolute atomic E-state index is 0.0605. The van der Waals surface area contributed by atoms with Crippen molar-refractivity contribution in [1.29, 1.82) is 0 Å². The van der Waals surface area contributed by atoms with Crippen molar-refractivity contribution >= 4 is 6.08 Å². The lowest BCUT2D eigenvalue weighted by atomic mass is 9.79. The van der Waals surface area contributed by atoms with Crippen molar-refractivity contribution in [3.8, 4) is 11.1 Å². The number of benzene rings is 2. The van der Waals surface area contributed by atoms with Gasteiger partial charge in [0, 0.05) is 5.41 Å². The first-order valence-corrected chi connectivity index (χ1v) is 7.68. The van der Waals surface area contributed by atoms with E-state index in [4.69, 9.17) is 0 Å². The molecule has 1 aliphatic rings. The van der Waals surface area contributed by atoms with Crippen molar-refractivity contribution in [2.24, 2.45) is 0 Å². The van der Waals surface area contributed by atoms with Gasteiger partial charge in [-0.05, 0) is 38.8 Å². The zero-order valence-corrected chi connectivity index (χ0v) is 13.7. The average Bonchev–Trinajstić information content (AvgIpc) is 2.66. The van der Waals surface area contributed by atoms with Crippen LogP contribution < -0.4 is 0 Å². The van der Waals surface area contributed by atoms with E-state index >= 15 is 0 Å². The molecule has 0 amide bonds. The van der Waals surface area contributed by atoms with E-state index in [9.17, 15) is 0 Å². The van der Waals surface area contributed by atoms with Crippen molar-refractivity contribution in [3.05, 3.63) is 65.2 Å². The molecule has 3 rings (SSSR count). The van der Waals surface area contributed by atoms with Crippen LogP contribution in [0, 0.1) is 0 Å². The Balaban J connectivity index is 2.33. The smallest absolute Gasteiger partial charge is 0.0159 e. The van der Waals surface area contributed by atoms with Crippen molar-refractivity contribution in [2.45, 2.75) is 45.4 Å². The highest BCUT2D eigenvalue weighted by molar-refractivity contribution is 5.87. The van der Waals surface area contributed by atoms with E-state index < -0.39 is 0 Å². The maximum atomic E-state index is 3.99. The van der Waals surface area contributed by atoms with Crippen molar-refractivity contribution < 1.29 is 0 Å². The molecule has 0 saturated carbocycles. The molecule has 0 nitrogen and oxygen atoms in total. The lowest BCUT2D eigenvalue weighted by Crippen LogP contribution is -2.17. The summed E-state index contributed by atoms with van der Waals surface area (Å²) in [5.41, 5.74) is 8.49. The van der Waals surface area contributed by atoms with Crippen LogP contribution in [0.3, 0.4) is 0 Å². The Morgan fingerprint density at radius 3 is 2.33 bits per heavy atom. The van der Waals surface area contributed by atoms with E-state index in [-0.39, 0.29) is 10.8 Å². The SMILES string of the molecule is C=Cc1cccc2c1-c1ccc(C(C)(C)C)cc1C2(C)C. The molecular formula is C21H24. The van der Waals surface area contributed by atoms with Crippen LogP contribution in [-0.4, -0.2) is 0 Å². The number of rotatable bonds is 1. The van der Waals surface area contributed by atoms with Crippen LogP contribution in [0.1, 0.15) is 56.9 Å². The Kier molecular flexibility index (Phi) is 2.92. The molecule has 0 N–H and O–H groups in total. The first-order valence-electron chi connectivity index (χ1n) is 7.68. The molecule has 0 spiro atoms. The maximum Gasteiger partial charge on any atom is 0.0159 e. The number of hydrogen-bond acceptors (Lipinski definition) is 0.